The second-order valence-corrected chi connectivity index (χ2v) is 6.74. The molecule has 0 bridgehead atoms. The summed E-state index contributed by atoms with van der Waals surface area (Å²) in [7, 11) is 0. The molecule has 1 aliphatic rings. The maximum absolute atomic E-state index is 11.9. The van der Waals surface area contributed by atoms with Crippen molar-refractivity contribution >= 4 is 23.6 Å². The van der Waals surface area contributed by atoms with Crippen molar-refractivity contribution in [3.63, 3.8) is 0 Å². The molecule has 0 aromatic heterocycles. The fraction of sp³-hybridized carbons (Fsp3) is 0.818. The Hall–Kier alpha value is -0.750. The van der Waals surface area contributed by atoms with E-state index in [1.54, 1.807) is 16.7 Å². The van der Waals surface area contributed by atoms with Crippen LogP contribution >= 0.6 is 11.8 Å². The lowest BCUT2D eigenvalue weighted by Gasteiger charge is -2.31. The van der Waals surface area contributed by atoms with Crippen molar-refractivity contribution < 1.29 is 19.4 Å². The molecule has 0 aliphatic carbocycles. The predicted octanol–water partition coefficient (Wildman–Crippen LogP) is 0.830. The SMILES string of the molecule is CC(C)(C)SCC(=O)N1CCOC(C(=O)O)C1. The number of carboxylic acids is 1. The Kier molecular flexibility index (Phi) is 4.82. The van der Waals surface area contributed by atoms with E-state index in [1.165, 1.54) is 0 Å². The van der Waals surface area contributed by atoms with Crippen LogP contribution in [0.25, 0.3) is 0 Å². The lowest BCUT2D eigenvalue weighted by molar-refractivity contribution is -0.158. The molecule has 1 atom stereocenters. The van der Waals surface area contributed by atoms with E-state index >= 15 is 0 Å². The van der Waals surface area contributed by atoms with Gasteiger partial charge in [0.25, 0.3) is 0 Å². The van der Waals surface area contributed by atoms with Crippen LogP contribution in [0.15, 0.2) is 0 Å². The van der Waals surface area contributed by atoms with E-state index in [9.17, 15) is 9.59 Å². The highest BCUT2D eigenvalue weighted by atomic mass is 32.2. The first-order chi connectivity index (χ1) is 7.79. The Morgan fingerprint density at radius 1 is 1.47 bits per heavy atom. The lowest BCUT2D eigenvalue weighted by Crippen LogP contribution is -2.49. The molecule has 1 saturated heterocycles. The number of thioether (sulfide) groups is 1. The molecule has 0 saturated carbocycles. The summed E-state index contributed by atoms with van der Waals surface area (Å²) in [6.45, 7) is 7.06. The summed E-state index contributed by atoms with van der Waals surface area (Å²) in [5.74, 6) is -0.638. The molecule has 6 heteroatoms. The normalized spacial score (nSPS) is 21.4. The molecule has 0 aromatic carbocycles. The fourth-order valence-electron chi connectivity index (χ4n) is 1.39. The number of nitrogens with zero attached hydrogens (tertiary/aromatic N) is 1. The Labute approximate surface area is 105 Å². The third-order valence-electron chi connectivity index (χ3n) is 2.32. The van der Waals surface area contributed by atoms with Crippen LogP contribution in [-0.2, 0) is 14.3 Å². The number of hydrogen-bond acceptors (Lipinski definition) is 4. The van der Waals surface area contributed by atoms with Gasteiger partial charge in [-0.1, -0.05) is 20.8 Å². The number of carbonyl (C=O) groups is 2. The van der Waals surface area contributed by atoms with Crippen LogP contribution in [0.5, 0.6) is 0 Å². The monoisotopic (exact) mass is 261 g/mol. The van der Waals surface area contributed by atoms with Crippen LogP contribution in [0.1, 0.15) is 20.8 Å². The molecule has 98 valence electrons. The van der Waals surface area contributed by atoms with Gasteiger partial charge < -0.3 is 14.7 Å². The van der Waals surface area contributed by atoms with Crippen LogP contribution in [-0.4, -0.2) is 58.2 Å². The second-order valence-electron chi connectivity index (χ2n) is 4.94. The van der Waals surface area contributed by atoms with Gasteiger partial charge >= 0.3 is 5.97 Å². The zero-order chi connectivity index (χ0) is 13.1. The number of hydrogen-bond donors (Lipinski definition) is 1. The summed E-state index contributed by atoms with van der Waals surface area (Å²) < 4.78 is 5.10. The zero-order valence-corrected chi connectivity index (χ0v) is 11.2. The molecular formula is C11H19NO4S. The Bertz CT molecular complexity index is 300. The van der Waals surface area contributed by atoms with Crippen LogP contribution in [0.3, 0.4) is 0 Å². The van der Waals surface area contributed by atoms with Gasteiger partial charge in [-0.15, -0.1) is 11.8 Å². The predicted molar refractivity (Wildman–Crippen MR) is 66.2 cm³/mol. The maximum Gasteiger partial charge on any atom is 0.334 e. The lowest BCUT2D eigenvalue weighted by atomic mass is 10.2. The molecule has 0 spiro atoms. The van der Waals surface area contributed by atoms with Crippen molar-refractivity contribution in [3.8, 4) is 0 Å². The van der Waals surface area contributed by atoms with Gasteiger partial charge in [-0.3, -0.25) is 4.79 Å². The van der Waals surface area contributed by atoms with Gasteiger partial charge in [0.05, 0.1) is 18.9 Å². The van der Waals surface area contributed by atoms with E-state index in [0.29, 0.717) is 18.9 Å². The first-order valence-electron chi connectivity index (χ1n) is 5.56. The first-order valence-corrected chi connectivity index (χ1v) is 6.54. The Morgan fingerprint density at radius 2 is 2.12 bits per heavy atom. The van der Waals surface area contributed by atoms with Gasteiger partial charge in [0, 0.05) is 11.3 Å². The third-order valence-corrected chi connectivity index (χ3v) is 3.58. The summed E-state index contributed by atoms with van der Waals surface area (Å²) in [6.07, 6.45) is -0.882. The van der Waals surface area contributed by atoms with Gasteiger partial charge in [0.2, 0.25) is 5.91 Å². The van der Waals surface area contributed by atoms with Crippen LogP contribution in [0, 0.1) is 0 Å². The number of rotatable bonds is 3. The van der Waals surface area contributed by atoms with Crippen molar-refractivity contribution in [3.05, 3.63) is 0 Å². The molecule has 1 fully saturated rings. The Balaban J connectivity index is 2.44. The third kappa shape index (κ3) is 4.95. The van der Waals surface area contributed by atoms with E-state index in [-0.39, 0.29) is 17.2 Å². The molecule has 1 rings (SSSR count). The number of carboxylic acid groups (broad SMARTS) is 1. The largest absolute Gasteiger partial charge is 0.479 e. The van der Waals surface area contributed by atoms with Crippen LogP contribution in [0.2, 0.25) is 0 Å². The molecule has 1 unspecified atom stereocenters. The summed E-state index contributed by atoms with van der Waals surface area (Å²) in [6, 6.07) is 0. The van der Waals surface area contributed by atoms with Gasteiger partial charge in [0.15, 0.2) is 6.10 Å². The number of morpholine rings is 1. The highest BCUT2D eigenvalue weighted by molar-refractivity contribution is 8.01. The molecule has 1 aliphatic heterocycles. The van der Waals surface area contributed by atoms with E-state index in [4.69, 9.17) is 9.84 Å². The van der Waals surface area contributed by atoms with Crippen molar-refractivity contribution in [2.24, 2.45) is 0 Å². The van der Waals surface area contributed by atoms with Crippen molar-refractivity contribution in [2.45, 2.75) is 31.6 Å². The van der Waals surface area contributed by atoms with Gasteiger partial charge in [-0.2, -0.15) is 0 Å². The number of carbonyl (C=O) groups excluding carboxylic acids is 1. The topological polar surface area (TPSA) is 66.8 Å². The van der Waals surface area contributed by atoms with Gasteiger partial charge in [0.1, 0.15) is 0 Å². The van der Waals surface area contributed by atoms with Crippen LogP contribution < -0.4 is 0 Å². The number of amides is 1. The molecule has 0 aromatic rings. The maximum atomic E-state index is 11.9. The van der Waals surface area contributed by atoms with Gasteiger partial charge in [-0.25, -0.2) is 4.79 Å². The van der Waals surface area contributed by atoms with Crippen LogP contribution in [0.4, 0.5) is 0 Å². The summed E-state index contributed by atoms with van der Waals surface area (Å²) in [4.78, 5) is 24.2. The second kappa shape index (κ2) is 5.73. The van der Waals surface area contributed by atoms with Crippen molar-refractivity contribution in [1.82, 2.24) is 4.90 Å². The average Bonchev–Trinajstić information content (AvgIpc) is 2.25. The molecule has 1 N–H and O–H groups in total. The van der Waals surface area contributed by atoms with E-state index in [1.807, 2.05) is 20.8 Å². The minimum Gasteiger partial charge on any atom is -0.479 e. The van der Waals surface area contributed by atoms with E-state index in [2.05, 4.69) is 0 Å². The Morgan fingerprint density at radius 3 is 2.65 bits per heavy atom. The summed E-state index contributed by atoms with van der Waals surface area (Å²) in [5.41, 5.74) is 0. The average molecular weight is 261 g/mol. The first kappa shape index (κ1) is 14.3. The minimum absolute atomic E-state index is 0.0144. The fourth-order valence-corrected chi connectivity index (χ4v) is 2.13. The quantitative estimate of drug-likeness (QED) is 0.815. The molecule has 1 amide bonds. The van der Waals surface area contributed by atoms with Crippen molar-refractivity contribution in [1.29, 1.82) is 0 Å². The number of ether oxygens (including phenoxy) is 1. The minimum atomic E-state index is -1.01. The number of aliphatic carboxylic acids is 1. The molecular weight excluding hydrogens is 242 g/mol. The highest BCUT2D eigenvalue weighted by Crippen LogP contribution is 2.23. The van der Waals surface area contributed by atoms with E-state index < -0.39 is 12.1 Å². The summed E-state index contributed by atoms with van der Waals surface area (Å²) in [5, 5.41) is 8.83. The smallest absolute Gasteiger partial charge is 0.334 e. The zero-order valence-electron chi connectivity index (χ0n) is 10.4. The van der Waals surface area contributed by atoms with Crippen molar-refractivity contribution in [2.75, 3.05) is 25.4 Å². The molecule has 5 nitrogen and oxygen atoms in total. The molecule has 0 radical (unpaired) electrons. The highest BCUT2D eigenvalue weighted by Gasteiger charge is 2.29. The summed E-state index contributed by atoms with van der Waals surface area (Å²) >= 11 is 1.57. The molecule has 17 heavy (non-hydrogen) atoms. The molecule has 1 heterocycles. The van der Waals surface area contributed by atoms with Gasteiger partial charge in [-0.05, 0) is 0 Å². The standard InChI is InChI=1S/C11H19NO4S/c1-11(2,3)17-7-9(13)12-4-5-16-8(6-12)10(14)15/h8H,4-7H2,1-3H3,(H,14,15). The van der Waals surface area contributed by atoms with E-state index in [0.717, 1.165) is 0 Å².